The van der Waals surface area contributed by atoms with Crippen LogP contribution < -0.4 is 5.73 Å². The molecule has 0 bridgehead atoms. The summed E-state index contributed by atoms with van der Waals surface area (Å²) in [5.41, 5.74) is 6.02. The predicted molar refractivity (Wildman–Crippen MR) is 115 cm³/mol. The third-order valence-electron chi connectivity index (χ3n) is 7.15. The number of carbonyl (C=O) groups is 3. The van der Waals surface area contributed by atoms with Crippen molar-refractivity contribution in [1.29, 1.82) is 0 Å². The Labute approximate surface area is 183 Å². The average Bonchev–Trinajstić information content (AvgIpc) is 2.90. The number of imide groups is 1. The van der Waals surface area contributed by atoms with E-state index in [2.05, 4.69) is 9.97 Å². The van der Waals surface area contributed by atoms with Gasteiger partial charge in [-0.3, -0.25) is 14.5 Å². The number of hydrogen-bond acceptors (Lipinski definition) is 6. The van der Waals surface area contributed by atoms with Crippen molar-refractivity contribution in [1.82, 2.24) is 24.7 Å². The molecule has 4 rings (SSSR count). The highest BCUT2D eigenvalue weighted by Gasteiger charge is 2.56. The summed E-state index contributed by atoms with van der Waals surface area (Å²) in [5.74, 6) is 1.23. The maximum absolute atomic E-state index is 13.1. The zero-order valence-corrected chi connectivity index (χ0v) is 18.5. The van der Waals surface area contributed by atoms with Gasteiger partial charge in [0, 0.05) is 31.9 Å². The summed E-state index contributed by atoms with van der Waals surface area (Å²) in [5, 5.41) is 0. The molecular weight excluding hydrogens is 396 g/mol. The number of likely N-dealkylation sites (tertiary alicyclic amines) is 1. The molecule has 1 spiro atoms. The molecule has 3 fully saturated rings. The van der Waals surface area contributed by atoms with Gasteiger partial charge in [-0.15, -0.1) is 0 Å². The number of hydrogen-bond donors (Lipinski definition) is 1. The monoisotopic (exact) mass is 428 g/mol. The van der Waals surface area contributed by atoms with E-state index in [1.54, 1.807) is 16.8 Å². The van der Waals surface area contributed by atoms with Crippen LogP contribution in [0.4, 0.5) is 10.6 Å². The van der Waals surface area contributed by atoms with Crippen molar-refractivity contribution in [3.63, 3.8) is 0 Å². The van der Waals surface area contributed by atoms with E-state index in [1.807, 2.05) is 13.0 Å². The number of rotatable bonds is 4. The van der Waals surface area contributed by atoms with Gasteiger partial charge in [-0.25, -0.2) is 14.8 Å². The van der Waals surface area contributed by atoms with Crippen LogP contribution in [0.5, 0.6) is 0 Å². The number of piperidine rings is 1. The number of amides is 4. The molecule has 2 N–H and O–H groups in total. The Bertz CT molecular complexity index is 854. The van der Waals surface area contributed by atoms with Gasteiger partial charge in [0.25, 0.3) is 5.91 Å². The van der Waals surface area contributed by atoms with Crippen LogP contribution in [-0.4, -0.2) is 74.7 Å². The smallest absolute Gasteiger partial charge is 0.327 e. The second-order valence-electron chi connectivity index (χ2n) is 9.18. The molecule has 9 nitrogen and oxygen atoms in total. The van der Waals surface area contributed by atoms with Crippen molar-refractivity contribution in [2.75, 3.05) is 32.4 Å². The fraction of sp³-hybridized carbons (Fsp3) is 0.682. The number of anilines is 1. The minimum absolute atomic E-state index is 0.150. The fourth-order valence-corrected chi connectivity index (χ4v) is 5.35. The molecular formula is C22H32N6O3. The maximum Gasteiger partial charge on any atom is 0.327 e. The normalized spacial score (nSPS) is 21.9. The topological polar surface area (TPSA) is 113 Å². The van der Waals surface area contributed by atoms with Crippen LogP contribution in [-0.2, 0) is 16.0 Å². The molecule has 168 valence electrons. The lowest BCUT2D eigenvalue weighted by molar-refractivity contribution is -0.141. The van der Waals surface area contributed by atoms with Gasteiger partial charge in [0.15, 0.2) is 0 Å². The molecule has 1 saturated carbocycles. The molecule has 9 heteroatoms. The lowest BCUT2D eigenvalue weighted by Gasteiger charge is -2.36. The van der Waals surface area contributed by atoms with E-state index in [4.69, 9.17) is 5.73 Å². The summed E-state index contributed by atoms with van der Waals surface area (Å²) in [4.78, 5) is 51.9. The third-order valence-corrected chi connectivity index (χ3v) is 7.15. The first kappa shape index (κ1) is 21.5. The van der Waals surface area contributed by atoms with E-state index in [9.17, 15) is 14.4 Å². The van der Waals surface area contributed by atoms with Crippen LogP contribution in [0, 0.1) is 12.8 Å². The summed E-state index contributed by atoms with van der Waals surface area (Å²) < 4.78 is 0. The summed E-state index contributed by atoms with van der Waals surface area (Å²) in [6.45, 7) is 2.92. The van der Waals surface area contributed by atoms with Gasteiger partial charge in [-0.05, 0) is 44.9 Å². The molecule has 0 radical (unpaired) electrons. The van der Waals surface area contributed by atoms with Crippen LogP contribution in [0.15, 0.2) is 6.07 Å². The summed E-state index contributed by atoms with van der Waals surface area (Å²) in [7, 11) is 1.70. The molecule has 1 aliphatic carbocycles. The van der Waals surface area contributed by atoms with Gasteiger partial charge in [0.05, 0.1) is 0 Å². The first-order chi connectivity index (χ1) is 14.8. The number of nitrogen functional groups attached to an aromatic ring is 1. The molecule has 2 saturated heterocycles. The standard InChI is InChI=1S/C22H32N6O3/c1-15-24-17(13-18(23)25-15)12-16-6-10-27(11-7-16)19(29)14-28-20(30)22(26(2)21(28)31)8-4-3-5-9-22/h13,16H,3-12,14H2,1-2H3,(H2,23,24,25). The molecule has 31 heavy (non-hydrogen) atoms. The van der Waals surface area contributed by atoms with Crippen molar-refractivity contribution in [2.24, 2.45) is 5.92 Å². The van der Waals surface area contributed by atoms with Crippen molar-refractivity contribution < 1.29 is 14.4 Å². The Balaban J connectivity index is 1.33. The number of nitrogens with two attached hydrogens (primary N) is 1. The van der Waals surface area contributed by atoms with E-state index in [0.29, 0.717) is 43.5 Å². The van der Waals surface area contributed by atoms with Crippen molar-refractivity contribution in [3.8, 4) is 0 Å². The lowest BCUT2D eigenvalue weighted by atomic mass is 9.81. The first-order valence-electron chi connectivity index (χ1n) is 11.3. The van der Waals surface area contributed by atoms with E-state index in [1.165, 1.54) is 4.90 Å². The van der Waals surface area contributed by atoms with Crippen molar-refractivity contribution in [2.45, 2.75) is 63.8 Å². The van der Waals surface area contributed by atoms with Gasteiger partial charge in [-0.2, -0.15) is 0 Å². The van der Waals surface area contributed by atoms with Crippen LogP contribution in [0.25, 0.3) is 0 Å². The zero-order valence-electron chi connectivity index (χ0n) is 18.5. The van der Waals surface area contributed by atoms with E-state index < -0.39 is 5.54 Å². The molecule has 3 aliphatic rings. The summed E-state index contributed by atoms with van der Waals surface area (Å²) in [6.07, 6.45) is 6.89. The molecule has 1 aromatic heterocycles. The van der Waals surface area contributed by atoms with Gasteiger partial charge >= 0.3 is 6.03 Å². The van der Waals surface area contributed by atoms with Crippen LogP contribution in [0.2, 0.25) is 0 Å². The van der Waals surface area contributed by atoms with Gasteiger partial charge < -0.3 is 15.5 Å². The first-order valence-corrected chi connectivity index (χ1v) is 11.3. The van der Waals surface area contributed by atoms with Gasteiger partial charge in [0.1, 0.15) is 23.7 Å². The van der Waals surface area contributed by atoms with Crippen LogP contribution in [0.3, 0.4) is 0 Å². The van der Waals surface area contributed by atoms with Crippen LogP contribution in [0.1, 0.15) is 56.5 Å². The number of nitrogens with zero attached hydrogens (tertiary/aromatic N) is 5. The van der Waals surface area contributed by atoms with Gasteiger partial charge in [0.2, 0.25) is 5.91 Å². The number of aryl methyl sites for hydroxylation is 1. The highest BCUT2D eigenvalue weighted by Crippen LogP contribution is 2.39. The maximum atomic E-state index is 13.1. The minimum atomic E-state index is -0.736. The Kier molecular flexibility index (Phi) is 5.85. The lowest BCUT2D eigenvalue weighted by Crippen LogP contribution is -2.50. The number of likely N-dealkylation sites (N-methyl/N-ethyl adjacent to an activating group) is 1. The fourth-order valence-electron chi connectivity index (χ4n) is 5.35. The quantitative estimate of drug-likeness (QED) is 0.731. The molecule has 0 atom stereocenters. The zero-order chi connectivity index (χ0) is 22.2. The molecule has 4 amide bonds. The number of carbonyl (C=O) groups excluding carboxylic acids is 3. The van der Waals surface area contributed by atoms with Crippen LogP contribution >= 0.6 is 0 Å². The summed E-state index contributed by atoms with van der Waals surface area (Å²) in [6, 6.07) is 1.47. The Morgan fingerprint density at radius 1 is 1.16 bits per heavy atom. The number of urea groups is 1. The second-order valence-corrected chi connectivity index (χ2v) is 9.18. The SMILES string of the molecule is Cc1nc(N)cc(CC2CCN(C(=O)CN3C(=O)N(C)C4(CCCCC4)C3=O)CC2)n1. The highest BCUT2D eigenvalue weighted by atomic mass is 16.2. The van der Waals surface area contributed by atoms with E-state index in [-0.39, 0.29) is 24.4 Å². The predicted octanol–water partition coefficient (Wildman–Crippen LogP) is 1.75. The van der Waals surface area contributed by atoms with E-state index in [0.717, 1.165) is 44.2 Å². The Morgan fingerprint density at radius 2 is 1.84 bits per heavy atom. The Morgan fingerprint density at radius 3 is 2.48 bits per heavy atom. The number of aromatic nitrogens is 2. The third kappa shape index (κ3) is 4.09. The molecule has 0 unspecified atom stereocenters. The molecule has 1 aromatic rings. The minimum Gasteiger partial charge on any atom is -0.384 e. The molecule has 2 aliphatic heterocycles. The van der Waals surface area contributed by atoms with Gasteiger partial charge in [-0.1, -0.05) is 19.3 Å². The second kappa shape index (κ2) is 8.43. The largest absolute Gasteiger partial charge is 0.384 e. The highest BCUT2D eigenvalue weighted by molar-refractivity contribution is 6.08. The Hall–Kier alpha value is -2.71. The van der Waals surface area contributed by atoms with Crippen molar-refractivity contribution in [3.05, 3.63) is 17.6 Å². The molecule has 3 heterocycles. The molecule has 0 aromatic carbocycles. The van der Waals surface area contributed by atoms with Crippen molar-refractivity contribution >= 4 is 23.7 Å². The van der Waals surface area contributed by atoms with E-state index >= 15 is 0 Å². The summed E-state index contributed by atoms with van der Waals surface area (Å²) >= 11 is 0. The average molecular weight is 429 g/mol.